The predicted octanol–water partition coefficient (Wildman–Crippen LogP) is 4.28. The molecule has 4 aromatic carbocycles. The smallest absolute Gasteiger partial charge is 0.338 e. The van der Waals surface area contributed by atoms with Crippen LogP contribution in [0.4, 0.5) is 0 Å². The standard InChI is InChI=1S/C39H32N2O11/c1-25-22-41(38(47)40-32(25)42)33-30(50-36(45)28-18-10-4-11-19-28)31(51-37(46)29-20-12-5-13-21-29)39(52-33,23-48-34(43)26-14-6-2-7-15-26)24-49-35(44)27-16-8-3-9-17-27/h2-22,30-31,33H,23-24H2,1H3,(H,40,42,47)/t30-,31-,33-/m1/s1. The number of esters is 4. The van der Waals surface area contributed by atoms with Crippen LogP contribution in [0.3, 0.4) is 0 Å². The van der Waals surface area contributed by atoms with Crippen LogP contribution in [-0.4, -0.2) is 64.5 Å². The van der Waals surface area contributed by atoms with Crippen LogP contribution in [0.25, 0.3) is 0 Å². The zero-order chi connectivity index (χ0) is 36.7. The van der Waals surface area contributed by atoms with Crippen molar-refractivity contribution in [1.82, 2.24) is 9.55 Å². The third-order valence-corrected chi connectivity index (χ3v) is 8.28. The van der Waals surface area contributed by atoms with E-state index in [0.29, 0.717) is 0 Å². The summed E-state index contributed by atoms with van der Waals surface area (Å²) >= 11 is 0. The Morgan fingerprint density at radius 3 is 1.48 bits per heavy atom. The minimum atomic E-state index is -2.10. The summed E-state index contributed by atoms with van der Waals surface area (Å²) in [7, 11) is 0. The van der Waals surface area contributed by atoms with Crippen molar-refractivity contribution in [1.29, 1.82) is 0 Å². The summed E-state index contributed by atoms with van der Waals surface area (Å²) in [6.07, 6.45) is -3.76. The lowest BCUT2D eigenvalue weighted by Crippen LogP contribution is -2.54. The van der Waals surface area contributed by atoms with E-state index < -0.39 is 72.4 Å². The van der Waals surface area contributed by atoms with Gasteiger partial charge in [-0.1, -0.05) is 72.8 Å². The Morgan fingerprint density at radius 2 is 1.04 bits per heavy atom. The Kier molecular flexibility index (Phi) is 10.5. The fourth-order valence-corrected chi connectivity index (χ4v) is 5.60. The van der Waals surface area contributed by atoms with Gasteiger partial charge in [0, 0.05) is 11.8 Å². The predicted molar refractivity (Wildman–Crippen MR) is 184 cm³/mol. The number of ether oxygens (including phenoxy) is 5. The number of aromatic nitrogens is 2. The van der Waals surface area contributed by atoms with Gasteiger partial charge in [-0.2, -0.15) is 0 Å². The van der Waals surface area contributed by atoms with Crippen molar-refractivity contribution in [3.05, 3.63) is 176 Å². The third kappa shape index (κ3) is 7.74. The maximum Gasteiger partial charge on any atom is 0.338 e. The van der Waals surface area contributed by atoms with Crippen molar-refractivity contribution in [2.75, 3.05) is 13.2 Å². The van der Waals surface area contributed by atoms with Crippen molar-refractivity contribution < 1.29 is 42.9 Å². The fraction of sp³-hybridized carbons (Fsp3) is 0.179. The van der Waals surface area contributed by atoms with Crippen LogP contribution < -0.4 is 11.2 Å². The summed E-state index contributed by atoms with van der Waals surface area (Å²) in [5, 5.41) is 0. The Hall–Kier alpha value is -6.60. The Bertz CT molecular complexity index is 2110. The molecule has 0 unspecified atom stereocenters. The number of H-pyrrole nitrogens is 1. The van der Waals surface area contributed by atoms with Crippen molar-refractivity contribution in [3.8, 4) is 0 Å². The molecule has 0 aliphatic carbocycles. The van der Waals surface area contributed by atoms with Gasteiger partial charge < -0.3 is 23.7 Å². The topological polar surface area (TPSA) is 169 Å². The molecule has 2 heterocycles. The first-order chi connectivity index (χ1) is 25.1. The van der Waals surface area contributed by atoms with E-state index in [1.54, 1.807) is 72.8 Å². The summed E-state index contributed by atoms with van der Waals surface area (Å²) in [5.74, 6) is -3.38. The van der Waals surface area contributed by atoms with Gasteiger partial charge in [-0.05, 0) is 55.5 Å². The molecule has 0 radical (unpaired) electrons. The van der Waals surface area contributed by atoms with E-state index in [0.717, 1.165) is 4.57 Å². The van der Waals surface area contributed by atoms with Crippen LogP contribution in [0.2, 0.25) is 0 Å². The van der Waals surface area contributed by atoms with Gasteiger partial charge in [-0.3, -0.25) is 14.3 Å². The SMILES string of the molecule is Cc1cn([C@@H]2OC(COC(=O)c3ccccc3)(COC(=O)c3ccccc3)[C@H](OC(=O)c3ccccc3)[C@H]2OC(=O)c2ccccc2)c(=O)[nH]c1=O. The molecule has 5 aromatic rings. The van der Waals surface area contributed by atoms with E-state index in [1.165, 1.54) is 61.7 Å². The highest BCUT2D eigenvalue weighted by Gasteiger charge is 2.62. The van der Waals surface area contributed by atoms with Gasteiger partial charge in [0.25, 0.3) is 5.56 Å². The normalized spacial score (nSPS) is 17.4. The van der Waals surface area contributed by atoms with Crippen LogP contribution >= 0.6 is 0 Å². The number of nitrogens with zero attached hydrogens (tertiary/aromatic N) is 1. The maximum absolute atomic E-state index is 13.8. The summed E-state index contributed by atoms with van der Waals surface area (Å²) in [4.78, 5) is 82.0. The van der Waals surface area contributed by atoms with Crippen LogP contribution in [0, 0.1) is 6.92 Å². The van der Waals surface area contributed by atoms with E-state index in [4.69, 9.17) is 23.7 Å². The molecule has 13 heteroatoms. The van der Waals surface area contributed by atoms with E-state index in [9.17, 15) is 28.8 Å². The molecule has 1 N–H and O–H groups in total. The molecule has 6 rings (SSSR count). The van der Waals surface area contributed by atoms with E-state index in [-0.39, 0.29) is 27.8 Å². The molecule has 52 heavy (non-hydrogen) atoms. The van der Waals surface area contributed by atoms with Gasteiger partial charge in [0.15, 0.2) is 24.0 Å². The Morgan fingerprint density at radius 1 is 0.635 bits per heavy atom. The maximum atomic E-state index is 13.8. The van der Waals surface area contributed by atoms with Crippen LogP contribution in [0.1, 0.15) is 53.2 Å². The largest absolute Gasteiger partial charge is 0.459 e. The van der Waals surface area contributed by atoms with E-state index in [2.05, 4.69) is 4.98 Å². The number of aryl methyl sites for hydroxylation is 1. The second kappa shape index (κ2) is 15.5. The molecule has 1 fully saturated rings. The lowest BCUT2D eigenvalue weighted by Gasteiger charge is -2.33. The average Bonchev–Trinajstić information content (AvgIpc) is 3.47. The summed E-state index contributed by atoms with van der Waals surface area (Å²) in [5.41, 5.74) is -3.07. The monoisotopic (exact) mass is 704 g/mol. The van der Waals surface area contributed by atoms with Gasteiger partial charge >= 0.3 is 29.6 Å². The zero-order valence-corrected chi connectivity index (χ0v) is 27.7. The molecular formula is C39H32N2O11. The zero-order valence-electron chi connectivity index (χ0n) is 27.7. The Balaban J connectivity index is 1.49. The highest BCUT2D eigenvalue weighted by molar-refractivity contribution is 5.91. The number of rotatable bonds is 11. The molecular weight excluding hydrogens is 672 g/mol. The van der Waals surface area contributed by atoms with Crippen LogP contribution in [-0.2, 0) is 23.7 Å². The molecule has 0 spiro atoms. The van der Waals surface area contributed by atoms with Crippen molar-refractivity contribution >= 4 is 23.9 Å². The van der Waals surface area contributed by atoms with E-state index in [1.807, 2.05) is 0 Å². The molecule has 1 aliphatic heterocycles. The van der Waals surface area contributed by atoms with Crippen LogP contribution in [0.15, 0.2) is 137 Å². The second-order valence-corrected chi connectivity index (χ2v) is 11.9. The number of hydrogen-bond donors (Lipinski definition) is 1. The summed E-state index contributed by atoms with van der Waals surface area (Å²) < 4.78 is 31.0. The fourth-order valence-electron chi connectivity index (χ4n) is 5.60. The lowest BCUT2D eigenvalue weighted by molar-refractivity contribution is -0.154. The Labute approximate surface area is 296 Å². The second-order valence-electron chi connectivity index (χ2n) is 11.9. The van der Waals surface area contributed by atoms with E-state index >= 15 is 0 Å². The minimum Gasteiger partial charge on any atom is -0.459 e. The first kappa shape index (κ1) is 35.2. The first-order valence-corrected chi connectivity index (χ1v) is 16.1. The van der Waals surface area contributed by atoms with Crippen molar-refractivity contribution in [2.45, 2.75) is 31.0 Å². The van der Waals surface area contributed by atoms with Gasteiger partial charge in [-0.25, -0.2) is 24.0 Å². The van der Waals surface area contributed by atoms with Crippen LogP contribution in [0.5, 0.6) is 0 Å². The average molecular weight is 705 g/mol. The molecule has 264 valence electrons. The molecule has 1 aromatic heterocycles. The minimum absolute atomic E-state index is 0.0951. The number of benzene rings is 4. The summed E-state index contributed by atoms with van der Waals surface area (Å²) in [6.45, 7) is 0.00314. The molecule has 13 nitrogen and oxygen atoms in total. The van der Waals surface area contributed by atoms with Gasteiger partial charge in [-0.15, -0.1) is 0 Å². The number of aromatic amines is 1. The summed E-state index contributed by atoms with van der Waals surface area (Å²) in [6, 6.07) is 31.8. The van der Waals surface area contributed by atoms with Gasteiger partial charge in [0.1, 0.15) is 13.2 Å². The molecule has 0 bridgehead atoms. The van der Waals surface area contributed by atoms with Gasteiger partial charge in [0.05, 0.1) is 22.3 Å². The quantitative estimate of drug-likeness (QED) is 0.154. The molecule has 0 saturated carbocycles. The lowest BCUT2D eigenvalue weighted by atomic mass is 9.95. The number of hydrogen-bond acceptors (Lipinski definition) is 11. The number of nitrogens with one attached hydrogen (secondary N) is 1. The molecule has 0 amide bonds. The first-order valence-electron chi connectivity index (χ1n) is 16.1. The molecule has 3 atom stereocenters. The highest BCUT2D eigenvalue weighted by Crippen LogP contribution is 2.42. The third-order valence-electron chi connectivity index (χ3n) is 8.28. The molecule has 1 aliphatic rings. The number of carbonyl (C=O) groups excluding carboxylic acids is 4. The van der Waals surface area contributed by atoms with Crippen molar-refractivity contribution in [3.63, 3.8) is 0 Å². The molecule has 1 saturated heterocycles. The van der Waals surface area contributed by atoms with Gasteiger partial charge in [0.2, 0.25) is 0 Å². The van der Waals surface area contributed by atoms with Crippen molar-refractivity contribution in [2.24, 2.45) is 0 Å². The highest BCUT2D eigenvalue weighted by atomic mass is 16.7. The number of carbonyl (C=O) groups is 4.